The first-order valence-corrected chi connectivity index (χ1v) is 9.10. The monoisotopic (exact) mass is 416 g/mol. The van der Waals surface area contributed by atoms with Crippen LogP contribution in [0.5, 0.6) is 5.75 Å². The van der Waals surface area contributed by atoms with Crippen LogP contribution in [-0.2, 0) is 17.5 Å². The molecule has 29 heavy (non-hydrogen) atoms. The Morgan fingerprint density at radius 3 is 2.76 bits per heavy atom. The molecule has 3 heterocycles. The molecule has 0 amide bonds. The average molecular weight is 416 g/mol. The summed E-state index contributed by atoms with van der Waals surface area (Å²) in [7, 11) is 0. The maximum Gasteiger partial charge on any atom is 0.421 e. The molecule has 1 saturated heterocycles. The zero-order valence-corrected chi connectivity index (χ0v) is 16.0. The molecule has 1 unspecified atom stereocenters. The Balaban J connectivity index is 1.91. The smallest absolute Gasteiger partial charge is 0.421 e. The minimum absolute atomic E-state index is 0.137. The van der Waals surface area contributed by atoms with Gasteiger partial charge in [0.15, 0.2) is 11.6 Å². The largest absolute Gasteiger partial charge is 0.487 e. The van der Waals surface area contributed by atoms with Gasteiger partial charge in [-0.05, 0) is 20.3 Å². The van der Waals surface area contributed by atoms with E-state index in [9.17, 15) is 18.3 Å². The van der Waals surface area contributed by atoms with Gasteiger partial charge in [-0.3, -0.25) is 0 Å². The Morgan fingerprint density at radius 1 is 1.45 bits per heavy atom. The summed E-state index contributed by atoms with van der Waals surface area (Å²) in [4.78, 5) is 7.42. The molecule has 1 fully saturated rings. The van der Waals surface area contributed by atoms with Crippen molar-refractivity contribution in [2.45, 2.75) is 39.1 Å². The first-order chi connectivity index (χ1) is 13.7. The molecule has 0 spiro atoms. The van der Waals surface area contributed by atoms with Gasteiger partial charge in [0.1, 0.15) is 17.1 Å². The summed E-state index contributed by atoms with van der Waals surface area (Å²) in [5.41, 5.74) is 4.63. The van der Waals surface area contributed by atoms with Crippen LogP contribution in [0, 0.1) is 5.92 Å². The van der Waals surface area contributed by atoms with Crippen LogP contribution in [0.1, 0.15) is 37.6 Å². The Morgan fingerprint density at radius 2 is 2.21 bits per heavy atom. The van der Waals surface area contributed by atoms with Crippen LogP contribution >= 0.6 is 0 Å². The van der Waals surface area contributed by atoms with Gasteiger partial charge in [0.25, 0.3) is 0 Å². The van der Waals surface area contributed by atoms with E-state index in [0.717, 1.165) is 6.42 Å². The Kier molecular flexibility index (Phi) is 6.13. The molecule has 0 radical (unpaired) electrons. The van der Waals surface area contributed by atoms with Gasteiger partial charge in [-0.15, -0.1) is 0 Å². The zero-order valence-electron chi connectivity index (χ0n) is 16.0. The minimum Gasteiger partial charge on any atom is -0.487 e. The molecule has 12 heteroatoms. The Hall–Kier alpha value is -2.60. The number of nitrogens with zero attached hydrogens (tertiary/aromatic N) is 4. The fourth-order valence-electron chi connectivity index (χ4n) is 2.90. The fraction of sp³-hybridized carbons (Fsp3) is 0.588. The molecular formula is C17H23F3N6O3. The van der Waals surface area contributed by atoms with Gasteiger partial charge >= 0.3 is 6.18 Å². The van der Waals surface area contributed by atoms with Crippen molar-refractivity contribution in [2.75, 3.05) is 30.9 Å². The first kappa shape index (κ1) is 21.1. The van der Waals surface area contributed by atoms with Crippen molar-refractivity contribution in [2.24, 2.45) is 5.92 Å². The lowest BCUT2D eigenvalue weighted by atomic mass is 10.1. The number of nitrogens with one attached hydrogen (secondary N) is 1. The molecule has 2 aromatic rings. The van der Waals surface area contributed by atoms with E-state index in [-0.39, 0.29) is 30.3 Å². The number of hydrogen-bond donors (Lipinski definition) is 3. The number of hydrogen-bond acceptors (Lipinski definition) is 8. The third kappa shape index (κ3) is 4.70. The van der Waals surface area contributed by atoms with Crippen LogP contribution in [0.15, 0.2) is 6.20 Å². The SMILES string of the molecule is CC(C)n1nc(CO)c(OCC2CCOC2)c1Nc1ncc(C(F)(F)F)c(N)n1. The fourth-order valence-corrected chi connectivity index (χ4v) is 2.90. The molecular weight excluding hydrogens is 393 g/mol. The number of ether oxygens (including phenoxy) is 2. The van der Waals surface area contributed by atoms with E-state index < -0.39 is 17.6 Å². The second-order valence-electron chi connectivity index (χ2n) is 6.98. The lowest BCUT2D eigenvalue weighted by molar-refractivity contribution is -0.137. The molecule has 0 aliphatic carbocycles. The second-order valence-corrected chi connectivity index (χ2v) is 6.98. The van der Waals surface area contributed by atoms with Gasteiger partial charge in [-0.2, -0.15) is 23.3 Å². The van der Waals surface area contributed by atoms with Crippen molar-refractivity contribution < 1.29 is 27.8 Å². The van der Waals surface area contributed by atoms with Crippen LogP contribution in [0.25, 0.3) is 0 Å². The van der Waals surface area contributed by atoms with E-state index in [1.807, 2.05) is 13.8 Å². The molecule has 1 atom stereocenters. The van der Waals surface area contributed by atoms with Crippen LogP contribution in [0.4, 0.5) is 30.8 Å². The van der Waals surface area contributed by atoms with Crippen LogP contribution in [0.3, 0.4) is 0 Å². The minimum atomic E-state index is -4.65. The second kappa shape index (κ2) is 8.41. The predicted molar refractivity (Wildman–Crippen MR) is 97.7 cm³/mol. The quantitative estimate of drug-likeness (QED) is 0.630. The number of alkyl halides is 3. The number of nitrogen functional groups attached to an aromatic ring is 1. The predicted octanol–water partition coefficient (Wildman–Crippen LogP) is 2.51. The molecule has 1 aliphatic heterocycles. The van der Waals surface area contributed by atoms with E-state index in [4.69, 9.17) is 15.2 Å². The third-order valence-electron chi connectivity index (χ3n) is 4.41. The summed E-state index contributed by atoms with van der Waals surface area (Å²) in [6, 6.07) is -0.137. The van der Waals surface area contributed by atoms with Crippen molar-refractivity contribution in [1.82, 2.24) is 19.7 Å². The number of nitrogens with two attached hydrogens (primary N) is 1. The van der Waals surface area contributed by atoms with Gasteiger partial charge in [-0.25, -0.2) is 9.67 Å². The molecule has 2 aromatic heterocycles. The summed E-state index contributed by atoms with van der Waals surface area (Å²) in [6.07, 6.45) is -3.18. The third-order valence-corrected chi connectivity index (χ3v) is 4.41. The maximum absolute atomic E-state index is 12.9. The molecule has 0 aromatic carbocycles. The van der Waals surface area contributed by atoms with Crippen molar-refractivity contribution >= 4 is 17.6 Å². The Bertz CT molecular complexity index is 850. The molecule has 9 nitrogen and oxygen atoms in total. The van der Waals surface area contributed by atoms with Gasteiger partial charge in [0.05, 0.1) is 19.8 Å². The molecule has 4 N–H and O–H groups in total. The van der Waals surface area contributed by atoms with Crippen LogP contribution < -0.4 is 15.8 Å². The van der Waals surface area contributed by atoms with Gasteiger partial charge < -0.3 is 25.6 Å². The molecule has 1 aliphatic rings. The van der Waals surface area contributed by atoms with Crippen molar-refractivity contribution in [3.8, 4) is 5.75 Å². The van der Waals surface area contributed by atoms with Crippen molar-refractivity contribution in [3.05, 3.63) is 17.5 Å². The van der Waals surface area contributed by atoms with E-state index in [1.165, 1.54) is 0 Å². The lowest BCUT2D eigenvalue weighted by Gasteiger charge is -2.16. The highest BCUT2D eigenvalue weighted by molar-refractivity contribution is 5.61. The number of rotatable bonds is 7. The Labute approximate surface area is 165 Å². The lowest BCUT2D eigenvalue weighted by Crippen LogP contribution is -2.15. The summed E-state index contributed by atoms with van der Waals surface area (Å²) >= 11 is 0. The van der Waals surface area contributed by atoms with E-state index in [2.05, 4.69) is 20.4 Å². The average Bonchev–Trinajstić information content (AvgIpc) is 3.26. The van der Waals surface area contributed by atoms with E-state index in [0.29, 0.717) is 37.5 Å². The molecule has 3 rings (SSSR count). The summed E-state index contributed by atoms with van der Waals surface area (Å²) < 4.78 is 51.4. The number of aromatic nitrogens is 4. The van der Waals surface area contributed by atoms with Gasteiger partial charge in [-0.1, -0.05) is 0 Å². The van der Waals surface area contributed by atoms with Gasteiger partial charge in [0.2, 0.25) is 5.95 Å². The first-order valence-electron chi connectivity index (χ1n) is 9.10. The molecule has 0 bridgehead atoms. The zero-order chi connectivity index (χ0) is 21.2. The van der Waals surface area contributed by atoms with E-state index >= 15 is 0 Å². The number of aliphatic hydroxyl groups is 1. The number of aliphatic hydroxyl groups excluding tert-OH is 1. The van der Waals surface area contributed by atoms with Gasteiger partial charge in [0, 0.05) is 24.8 Å². The van der Waals surface area contributed by atoms with Crippen molar-refractivity contribution in [3.63, 3.8) is 0 Å². The van der Waals surface area contributed by atoms with Crippen molar-refractivity contribution in [1.29, 1.82) is 0 Å². The highest BCUT2D eigenvalue weighted by Crippen LogP contribution is 2.36. The maximum atomic E-state index is 12.9. The highest BCUT2D eigenvalue weighted by atomic mass is 19.4. The normalized spacial score (nSPS) is 17.1. The van der Waals surface area contributed by atoms with Crippen LogP contribution in [0.2, 0.25) is 0 Å². The molecule has 160 valence electrons. The standard InChI is InChI=1S/C17H23F3N6O3/c1-9(2)26-15(24-16-22-5-11(14(21)23-16)17(18,19)20)13(12(6-27)25-26)29-8-10-3-4-28-7-10/h5,9-10,27H,3-4,6-8H2,1-2H3,(H3,21,22,23,24). The molecule has 0 saturated carbocycles. The summed E-state index contributed by atoms with van der Waals surface area (Å²) in [5.74, 6) is -0.0264. The summed E-state index contributed by atoms with van der Waals surface area (Å²) in [6.45, 7) is 4.93. The highest BCUT2D eigenvalue weighted by Gasteiger charge is 2.34. The van der Waals surface area contributed by atoms with Crippen LogP contribution in [-0.4, -0.2) is 44.7 Å². The topological polar surface area (TPSA) is 120 Å². The van der Waals surface area contributed by atoms with E-state index in [1.54, 1.807) is 4.68 Å². The number of halogens is 3. The number of anilines is 3. The summed E-state index contributed by atoms with van der Waals surface area (Å²) in [5, 5.41) is 16.8.